The molecule has 4 heterocycles. The predicted molar refractivity (Wildman–Crippen MR) is 166 cm³/mol. The number of alkyl halides is 1. The molecule has 6 rings (SSSR count). The molecule has 4 saturated heterocycles. The van der Waals surface area contributed by atoms with Crippen LogP contribution in [0.1, 0.15) is 116 Å². The summed E-state index contributed by atoms with van der Waals surface area (Å²) in [7, 11) is 0. The van der Waals surface area contributed by atoms with Gasteiger partial charge in [-0.15, -0.1) is 0 Å². The van der Waals surface area contributed by atoms with Crippen LogP contribution in [-0.2, 0) is 14.3 Å². The number of nitrogens with two attached hydrogens (primary N) is 1. The van der Waals surface area contributed by atoms with Gasteiger partial charge in [0.1, 0.15) is 6.17 Å². The fourth-order valence-corrected chi connectivity index (χ4v) is 9.20. The minimum atomic E-state index is -0.994. The second-order valence-electron chi connectivity index (χ2n) is 14.6. The van der Waals surface area contributed by atoms with E-state index in [0.29, 0.717) is 25.1 Å². The predicted octanol–water partition coefficient (Wildman–Crippen LogP) is 3.62. The van der Waals surface area contributed by atoms with Gasteiger partial charge in [0.05, 0.1) is 48.6 Å². The molecular formula is C33H59FN6O3. The molecule has 4 aliphatic heterocycles. The Labute approximate surface area is 258 Å². The lowest BCUT2D eigenvalue weighted by atomic mass is 9.80. The van der Waals surface area contributed by atoms with E-state index in [1.807, 2.05) is 5.01 Å². The Balaban J connectivity index is 1.14. The molecule has 2 aliphatic carbocycles. The van der Waals surface area contributed by atoms with Crippen molar-refractivity contribution in [3.8, 4) is 0 Å². The molecule has 1 amide bonds. The summed E-state index contributed by atoms with van der Waals surface area (Å²) in [6.07, 6.45) is 18.9. The minimum Gasteiger partial charge on any atom is -0.379 e. The number of hydrogen-bond acceptors (Lipinski definition) is 8. The Morgan fingerprint density at radius 2 is 1.58 bits per heavy atom. The van der Waals surface area contributed by atoms with Crippen molar-refractivity contribution in [1.29, 1.82) is 0 Å². The van der Waals surface area contributed by atoms with Crippen molar-refractivity contribution >= 4 is 5.91 Å². The van der Waals surface area contributed by atoms with Crippen molar-refractivity contribution in [3.63, 3.8) is 0 Å². The molecule has 0 bridgehead atoms. The van der Waals surface area contributed by atoms with Gasteiger partial charge in [0, 0.05) is 25.7 Å². The highest BCUT2D eigenvalue weighted by atomic mass is 19.1. The van der Waals surface area contributed by atoms with Crippen LogP contribution < -0.4 is 27.1 Å². The van der Waals surface area contributed by atoms with Crippen molar-refractivity contribution < 1.29 is 18.7 Å². The van der Waals surface area contributed by atoms with Gasteiger partial charge < -0.3 is 25.8 Å². The highest BCUT2D eigenvalue weighted by molar-refractivity contribution is 5.81. The van der Waals surface area contributed by atoms with Crippen molar-refractivity contribution in [2.75, 3.05) is 26.3 Å². The number of fused-ring (bicyclic) bond motifs is 2. The van der Waals surface area contributed by atoms with E-state index >= 15 is 4.39 Å². The van der Waals surface area contributed by atoms with E-state index in [4.69, 9.17) is 15.2 Å². The molecule has 9 nitrogen and oxygen atoms in total. The second-order valence-corrected chi connectivity index (χ2v) is 14.6. The SMILES string of the molecule is NC1NN2C(NCC(F)C23CCCCCCCC3)C1C(=O)NC1CNC(C2CCCCCCCC2)CC1OC1CCOC1. The van der Waals surface area contributed by atoms with Crippen LogP contribution in [0.5, 0.6) is 0 Å². The zero-order valence-electron chi connectivity index (χ0n) is 26.4. The molecule has 6 fully saturated rings. The number of rotatable bonds is 5. The Hall–Kier alpha value is -0.880. The van der Waals surface area contributed by atoms with Crippen LogP contribution in [0.2, 0.25) is 0 Å². The van der Waals surface area contributed by atoms with Gasteiger partial charge in [0.2, 0.25) is 5.91 Å². The van der Waals surface area contributed by atoms with Gasteiger partial charge in [-0.25, -0.2) is 14.8 Å². The number of ether oxygens (including phenoxy) is 2. The van der Waals surface area contributed by atoms with Crippen LogP contribution in [0.15, 0.2) is 0 Å². The summed E-state index contributed by atoms with van der Waals surface area (Å²) in [6, 6.07) is 0.271. The first-order chi connectivity index (χ1) is 21.0. The summed E-state index contributed by atoms with van der Waals surface area (Å²) in [6.45, 7) is 2.32. The third kappa shape index (κ3) is 7.42. The van der Waals surface area contributed by atoms with Crippen molar-refractivity contribution in [1.82, 2.24) is 26.4 Å². The number of hydrogen-bond donors (Lipinski definition) is 5. The van der Waals surface area contributed by atoms with Gasteiger partial charge in [0.15, 0.2) is 0 Å². The lowest BCUT2D eigenvalue weighted by Crippen LogP contribution is -2.71. The standard InChI is InChI=1S/C33H59FN6O3/c34-28-21-37-31-29(30(35)39-40(31)33(28)16-11-7-3-4-8-12-17-33)32(41)38-26-20-36-25(19-27(26)43-24-15-18-42-22-24)23-13-9-5-1-2-6-10-14-23/h23-31,36-37,39H,1-22,35H2,(H,38,41). The first-order valence-corrected chi connectivity index (χ1v) is 18.0. The smallest absolute Gasteiger partial charge is 0.229 e. The minimum absolute atomic E-state index is 0.0635. The highest BCUT2D eigenvalue weighted by Gasteiger charge is 2.58. The summed E-state index contributed by atoms with van der Waals surface area (Å²) < 4.78 is 28.2. The Bertz CT molecular complexity index is 873. The number of carbonyl (C=O) groups excluding carboxylic acids is 1. The lowest BCUT2D eigenvalue weighted by Gasteiger charge is -2.51. The van der Waals surface area contributed by atoms with Crippen molar-refractivity contribution in [3.05, 3.63) is 0 Å². The first kappa shape index (κ1) is 32.1. The third-order valence-electron chi connectivity index (χ3n) is 11.7. The van der Waals surface area contributed by atoms with Crippen LogP contribution in [0.3, 0.4) is 0 Å². The molecule has 43 heavy (non-hydrogen) atoms. The average Bonchev–Trinajstić information content (AvgIpc) is 3.68. The molecule has 6 N–H and O–H groups in total. The first-order valence-electron chi connectivity index (χ1n) is 18.0. The van der Waals surface area contributed by atoms with Crippen molar-refractivity contribution in [2.45, 2.75) is 164 Å². The quantitative estimate of drug-likeness (QED) is 0.323. The van der Waals surface area contributed by atoms with Gasteiger partial charge in [-0.05, 0) is 44.4 Å². The number of nitrogens with one attached hydrogen (secondary N) is 4. The van der Waals surface area contributed by atoms with E-state index in [9.17, 15) is 4.79 Å². The van der Waals surface area contributed by atoms with Gasteiger partial charge in [0.25, 0.3) is 0 Å². The fraction of sp³-hybridized carbons (Fsp3) is 0.970. The average molecular weight is 607 g/mol. The number of piperidine rings is 1. The fourth-order valence-electron chi connectivity index (χ4n) is 9.20. The highest BCUT2D eigenvalue weighted by Crippen LogP contribution is 2.41. The molecule has 6 aliphatic rings. The van der Waals surface area contributed by atoms with Crippen LogP contribution in [0.25, 0.3) is 0 Å². The molecule has 8 atom stereocenters. The molecule has 0 aromatic rings. The molecular weight excluding hydrogens is 547 g/mol. The van der Waals surface area contributed by atoms with E-state index in [1.54, 1.807) is 0 Å². The molecule has 2 saturated carbocycles. The number of halogens is 1. The maximum absolute atomic E-state index is 15.8. The van der Waals surface area contributed by atoms with E-state index in [2.05, 4.69) is 21.4 Å². The van der Waals surface area contributed by atoms with E-state index < -0.39 is 23.8 Å². The van der Waals surface area contributed by atoms with Crippen LogP contribution in [-0.4, -0.2) is 85.6 Å². The molecule has 0 radical (unpaired) electrons. The summed E-state index contributed by atoms with van der Waals surface area (Å²) in [5, 5.41) is 12.7. The molecule has 0 aromatic carbocycles. The molecule has 1 spiro atoms. The van der Waals surface area contributed by atoms with Crippen LogP contribution in [0.4, 0.5) is 4.39 Å². The monoisotopic (exact) mass is 606 g/mol. The largest absolute Gasteiger partial charge is 0.379 e. The summed E-state index contributed by atoms with van der Waals surface area (Å²) in [5.41, 5.74) is 9.46. The molecule has 8 unspecified atom stereocenters. The number of nitrogens with zero attached hydrogens (tertiary/aromatic N) is 1. The number of carbonyl (C=O) groups is 1. The second kappa shape index (κ2) is 15.1. The molecule has 10 heteroatoms. The normalized spacial score (nSPS) is 40.4. The number of amides is 1. The van der Waals surface area contributed by atoms with Crippen molar-refractivity contribution in [2.24, 2.45) is 17.6 Å². The van der Waals surface area contributed by atoms with E-state index in [0.717, 1.165) is 58.0 Å². The van der Waals surface area contributed by atoms with Gasteiger partial charge in [-0.1, -0.05) is 77.0 Å². The summed E-state index contributed by atoms with van der Waals surface area (Å²) in [4.78, 5) is 14.1. The Morgan fingerprint density at radius 1 is 0.907 bits per heavy atom. The van der Waals surface area contributed by atoms with Gasteiger partial charge in [-0.2, -0.15) is 0 Å². The third-order valence-corrected chi connectivity index (χ3v) is 11.7. The van der Waals surface area contributed by atoms with E-state index in [1.165, 1.54) is 64.2 Å². The van der Waals surface area contributed by atoms with Crippen LogP contribution >= 0.6 is 0 Å². The maximum atomic E-state index is 15.8. The zero-order chi connectivity index (χ0) is 29.6. The molecule has 246 valence electrons. The topological polar surface area (TPSA) is 113 Å². The summed E-state index contributed by atoms with van der Waals surface area (Å²) in [5.74, 6) is 0.0741. The molecule has 0 aromatic heterocycles. The van der Waals surface area contributed by atoms with Gasteiger partial charge in [-0.3, -0.25) is 10.1 Å². The summed E-state index contributed by atoms with van der Waals surface area (Å²) >= 11 is 0. The van der Waals surface area contributed by atoms with Crippen LogP contribution in [0, 0.1) is 11.8 Å². The Kier molecular flexibility index (Phi) is 11.3. The number of hydrazine groups is 1. The van der Waals surface area contributed by atoms with Gasteiger partial charge >= 0.3 is 0 Å². The maximum Gasteiger partial charge on any atom is 0.229 e. The Morgan fingerprint density at radius 3 is 2.26 bits per heavy atom. The zero-order valence-corrected chi connectivity index (χ0v) is 26.4. The van der Waals surface area contributed by atoms with E-state index in [-0.39, 0.29) is 36.9 Å². The lowest BCUT2D eigenvalue weighted by molar-refractivity contribution is -0.133.